The van der Waals surface area contributed by atoms with Crippen molar-refractivity contribution in [3.05, 3.63) is 38.8 Å². The molecule has 0 radical (unpaired) electrons. The van der Waals surface area contributed by atoms with Crippen molar-refractivity contribution in [3.63, 3.8) is 0 Å². The molecular weight excluding hydrogens is 304 g/mol. The zero-order valence-corrected chi connectivity index (χ0v) is 13.3. The Labute approximate surface area is 129 Å². The van der Waals surface area contributed by atoms with Gasteiger partial charge in [0.25, 0.3) is 5.91 Å². The second-order valence-electron chi connectivity index (χ2n) is 4.72. The third kappa shape index (κ3) is 2.74. The monoisotopic (exact) mass is 318 g/mol. The first-order valence-corrected chi connectivity index (χ1v) is 8.09. The molecule has 3 N–H and O–H groups in total. The number of nitrogen functional groups attached to an aromatic ring is 1. The van der Waals surface area contributed by atoms with Crippen LogP contribution in [0.2, 0.25) is 0 Å². The van der Waals surface area contributed by atoms with Gasteiger partial charge in [0.15, 0.2) is 0 Å². The van der Waals surface area contributed by atoms with Gasteiger partial charge in [-0.2, -0.15) is 0 Å². The van der Waals surface area contributed by atoms with Gasteiger partial charge in [-0.1, -0.05) is 0 Å². The van der Waals surface area contributed by atoms with Crippen LogP contribution in [0.25, 0.3) is 10.2 Å². The van der Waals surface area contributed by atoms with Crippen LogP contribution in [-0.2, 0) is 6.54 Å². The highest BCUT2D eigenvalue weighted by molar-refractivity contribution is 7.21. The van der Waals surface area contributed by atoms with E-state index >= 15 is 0 Å². The lowest BCUT2D eigenvalue weighted by atomic mass is 10.2. The Morgan fingerprint density at radius 2 is 2.10 bits per heavy atom. The molecule has 0 aromatic carbocycles. The van der Waals surface area contributed by atoms with Gasteiger partial charge in [0.2, 0.25) is 0 Å². The van der Waals surface area contributed by atoms with Crippen molar-refractivity contribution in [1.29, 1.82) is 0 Å². The summed E-state index contributed by atoms with van der Waals surface area (Å²) >= 11 is 2.85. The van der Waals surface area contributed by atoms with Crippen molar-refractivity contribution in [3.8, 4) is 0 Å². The predicted molar refractivity (Wildman–Crippen MR) is 86.8 cm³/mol. The number of aryl methyl sites for hydroxylation is 2. The molecule has 0 bridgehead atoms. The van der Waals surface area contributed by atoms with E-state index in [0.717, 1.165) is 26.6 Å². The molecule has 7 heteroatoms. The molecule has 5 nitrogen and oxygen atoms in total. The maximum Gasteiger partial charge on any atom is 0.263 e. The molecule has 0 saturated carbocycles. The van der Waals surface area contributed by atoms with Gasteiger partial charge >= 0.3 is 0 Å². The molecule has 0 unspecified atom stereocenters. The molecule has 3 aromatic rings. The fourth-order valence-corrected chi connectivity index (χ4v) is 3.75. The van der Waals surface area contributed by atoms with Crippen molar-refractivity contribution in [2.75, 3.05) is 5.73 Å². The fraction of sp³-hybridized carbons (Fsp3) is 0.214. The number of thiazole rings is 1. The van der Waals surface area contributed by atoms with Crippen LogP contribution in [0.5, 0.6) is 0 Å². The number of aromatic nitrogens is 2. The van der Waals surface area contributed by atoms with Gasteiger partial charge in [-0.3, -0.25) is 4.79 Å². The summed E-state index contributed by atoms with van der Waals surface area (Å²) in [6.07, 6.45) is 0. The molecule has 108 valence electrons. The standard InChI is InChI=1S/C14H14N4OS2/c1-7-3-4-9-11(15)12(21-14(9)18-7)13(19)16-5-10-17-8(2)6-20-10/h3-4,6H,5,15H2,1-2H3,(H,16,19). The fourth-order valence-electron chi connectivity index (χ4n) is 1.98. The molecule has 3 heterocycles. The van der Waals surface area contributed by atoms with Crippen LogP contribution < -0.4 is 11.1 Å². The molecule has 0 fully saturated rings. The highest BCUT2D eigenvalue weighted by Gasteiger charge is 2.17. The smallest absolute Gasteiger partial charge is 0.263 e. The van der Waals surface area contributed by atoms with Gasteiger partial charge in [-0.25, -0.2) is 9.97 Å². The minimum Gasteiger partial charge on any atom is -0.397 e. The van der Waals surface area contributed by atoms with Crippen molar-refractivity contribution in [2.24, 2.45) is 0 Å². The van der Waals surface area contributed by atoms with Gasteiger partial charge in [0, 0.05) is 22.2 Å². The zero-order valence-electron chi connectivity index (χ0n) is 11.6. The Hall–Kier alpha value is -1.99. The summed E-state index contributed by atoms with van der Waals surface area (Å²) in [5, 5.41) is 6.53. The molecule has 21 heavy (non-hydrogen) atoms. The number of amides is 1. The summed E-state index contributed by atoms with van der Waals surface area (Å²) in [6.45, 7) is 4.26. The zero-order chi connectivity index (χ0) is 15.0. The first-order valence-electron chi connectivity index (χ1n) is 6.39. The van der Waals surface area contributed by atoms with E-state index in [-0.39, 0.29) is 5.91 Å². The number of thiophene rings is 1. The summed E-state index contributed by atoms with van der Waals surface area (Å²) in [5.41, 5.74) is 8.43. The molecule has 0 aliphatic rings. The van der Waals surface area contributed by atoms with Gasteiger partial charge in [-0.05, 0) is 26.0 Å². The number of rotatable bonds is 3. The lowest BCUT2D eigenvalue weighted by Gasteiger charge is -2.01. The first kappa shape index (κ1) is 14.0. The Morgan fingerprint density at radius 1 is 1.29 bits per heavy atom. The van der Waals surface area contributed by atoms with Crippen LogP contribution in [0, 0.1) is 13.8 Å². The van der Waals surface area contributed by atoms with Crippen LogP contribution in [0.15, 0.2) is 17.5 Å². The number of nitrogens with one attached hydrogen (secondary N) is 1. The highest BCUT2D eigenvalue weighted by Crippen LogP contribution is 2.32. The summed E-state index contributed by atoms with van der Waals surface area (Å²) in [7, 11) is 0. The van der Waals surface area contributed by atoms with E-state index in [1.807, 2.05) is 31.4 Å². The van der Waals surface area contributed by atoms with Gasteiger partial charge < -0.3 is 11.1 Å². The quantitative estimate of drug-likeness (QED) is 0.778. The molecular formula is C14H14N4OS2. The van der Waals surface area contributed by atoms with E-state index in [4.69, 9.17) is 5.73 Å². The van der Waals surface area contributed by atoms with E-state index in [9.17, 15) is 4.79 Å². The van der Waals surface area contributed by atoms with E-state index in [1.54, 1.807) is 0 Å². The minimum absolute atomic E-state index is 0.180. The second-order valence-corrected chi connectivity index (χ2v) is 6.66. The number of anilines is 1. The van der Waals surface area contributed by atoms with Crippen molar-refractivity contribution in [2.45, 2.75) is 20.4 Å². The SMILES string of the molecule is Cc1csc(CNC(=O)c2sc3nc(C)ccc3c2N)n1. The average Bonchev–Trinajstić information content (AvgIpc) is 3.00. The van der Waals surface area contributed by atoms with Gasteiger partial charge in [0.1, 0.15) is 14.7 Å². The van der Waals surface area contributed by atoms with Crippen molar-refractivity contribution >= 4 is 44.5 Å². The Morgan fingerprint density at radius 3 is 2.81 bits per heavy atom. The van der Waals surface area contributed by atoms with Crippen molar-refractivity contribution < 1.29 is 4.79 Å². The largest absolute Gasteiger partial charge is 0.397 e. The summed E-state index contributed by atoms with van der Waals surface area (Å²) in [4.78, 5) is 22.3. The van der Waals surface area contributed by atoms with Crippen LogP contribution in [-0.4, -0.2) is 15.9 Å². The first-order chi connectivity index (χ1) is 10.0. The van der Waals surface area contributed by atoms with Crippen LogP contribution in [0.4, 0.5) is 5.69 Å². The van der Waals surface area contributed by atoms with Gasteiger partial charge in [0.05, 0.1) is 12.2 Å². The number of nitrogens with zero attached hydrogens (tertiary/aromatic N) is 2. The molecule has 0 aliphatic carbocycles. The topological polar surface area (TPSA) is 80.9 Å². The van der Waals surface area contributed by atoms with E-state index < -0.39 is 0 Å². The summed E-state index contributed by atoms with van der Waals surface area (Å²) in [6, 6.07) is 3.80. The minimum atomic E-state index is -0.180. The lowest BCUT2D eigenvalue weighted by Crippen LogP contribution is -2.22. The molecule has 1 amide bonds. The normalized spacial score (nSPS) is 11.0. The Bertz CT molecular complexity index is 822. The number of fused-ring (bicyclic) bond motifs is 1. The van der Waals surface area contributed by atoms with E-state index in [2.05, 4.69) is 15.3 Å². The van der Waals surface area contributed by atoms with E-state index in [0.29, 0.717) is 17.1 Å². The van der Waals surface area contributed by atoms with E-state index in [1.165, 1.54) is 22.7 Å². The van der Waals surface area contributed by atoms with Crippen LogP contribution in [0.3, 0.4) is 0 Å². The Kier molecular flexibility index (Phi) is 3.60. The number of hydrogen-bond acceptors (Lipinski definition) is 6. The molecule has 0 spiro atoms. The molecule has 0 aliphatic heterocycles. The maximum atomic E-state index is 12.3. The second kappa shape index (κ2) is 5.42. The lowest BCUT2D eigenvalue weighted by molar-refractivity contribution is 0.0956. The van der Waals surface area contributed by atoms with Gasteiger partial charge in [-0.15, -0.1) is 22.7 Å². The molecule has 3 rings (SSSR count). The summed E-state index contributed by atoms with van der Waals surface area (Å²) < 4.78 is 0. The average molecular weight is 318 g/mol. The molecule has 0 atom stereocenters. The third-order valence-electron chi connectivity index (χ3n) is 3.01. The van der Waals surface area contributed by atoms with Crippen molar-refractivity contribution in [1.82, 2.24) is 15.3 Å². The van der Waals surface area contributed by atoms with Crippen LogP contribution >= 0.6 is 22.7 Å². The molecule has 3 aromatic heterocycles. The Balaban J connectivity index is 1.82. The summed E-state index contributed by atoms with van der Waals surface area (Å²) in [5.74, 6) is -0.180. The predicted octanol–water partition coefficient (Wildman–Crippen LogP) is 2.88. The number of carbonyl (C=O) groups is 1. The molecule has 0 saturated heterocycles. The van der Waals surface area contributed by atoms with Crippen LogP contribution in [0.1, 0.15) is 26.1 Å². The highest BCUT2D eigenvalue weighted by atomic mass is 32.1. The third-order valence-corrected chi connectivity index (χ3v) is 5.09. The number of hydrogen-bond donors (Lipinski definition) is 2. The number of pyridine rings is 1. The number of carbonyl (C=O) groups excluding carboxylic acids is 1. The maximum absolute atomic E-state index is 12.3. The number of nitrogens with two attached hydrogens (primary N) is 1.